The molecule has 0 atom stereocenters. The summed E-state index contributed by atoms with van der Waals surface area (Å²) in [7, 11) is 0. The lowest BCUT2D eigenvalue weighted by Crippen LogP contribution is -2.36. The number of fused-ring (bicyclic) bond motifs is 1. The highest BCUT2D eigenvalue weighted by molar-refractivity contribution is 5.95. The summed E-state index contributed by atoms with van der Waals surface area (Å²) in [6, 6.07) is 13.9. The van der Waals surface area contributed by atoms with Gasteiger partial charge in [0.2, 0.25) is 11.8 Å². The van der Waals surface area contributed by atoms with Crippen molar-refractivity contribution in [2.75, 3.05) is 5.73 Å². The van der Waals surface area contributed by atoms with Crippen LogP contribution in [0, 0.1) is 0 Å². The van der Waals surface area contributed by atoms with Gasteiger partial charge in [0.1, 0.15) is 0 Å². The number of hydrogen-bond donors (Lipinski definition) is 2. The molecule has 3 aromatic rings. The normalized spacial score (nSPS) is 14.8. The van der Waals surface area contributed by atoms with Gasteiger partial charge in [-0.15, -0.1) is 0 Å². The summed E-state index contributed by atoms with van der Waals surface area (Å²) in [6.07, 6.45) is 5.80. The Balaban J connectivity index is 1.57. The molecule has 1 saturated carbocycles. The van der Waals surface area contributed by atoms with E-state index in [0.717, 1.165) is 34.9 Å². The van der Waals surface area contributed by atoms with E-state index in [2.05, 4.69) is 15.3 Å². The Hall–Kier alpha value is -3.15. The SMILES string of the molecule is CC(C)Oc1nc(N)nc2ccc(-c3ccc(C(=O)NC4CCCCC4)cc3)cc12. The van der Waals surface area contributed by atoms with Crippen LogP contribution in [0.25, 0.3) is 22.0 Å². The topological polar surface area (TPSA) is 90.1 Å². The molecular weight excluding hydrogens is 376 g/mol. The monoisotopic (exact) mass is 404 g/mol. The first kappa shape index (κ1) is 20.1. The number of aromatic nitrogens is 2. The van der Waals surface area contributed by atoms with E-state index in [9.17, 15) is 4.79 Å². The fourth-order valence-corrected chi connectivity index (χ4v) is 3.94. The predicted molar refractivity (Wildman–Crippen MR) is 119 cm³/mol. The van der Waals surface area contributed by atoms with E-state index in [1.165, 1.54) is 19.3 Å². The van der Waals surface area contributed by atoms with Crippen LogP contribution in [0.2, 0.25) is 0 Å². The average Bonchev–Trinajstić information content (AvgIpc) is 2.74. The van der Waals surface area contributed by atoms with Gasteiger partial charge in [-0.2, -0.15) is 4.98 Å². The van der Waals surface area contributed by atoms with E-state index in [1.807, 2.05) is 56.3 Å². The predicted octanol–water partition coefficient (Wildman–Crippen LogP) is 4.73. The zero-order valence-electron chi connectivity index (χ0n) is 17.5. The number of benzene rings is 2. The van der Waals surface area contributed by atoms with Gasteiger partial charge in [-0.1, -0.05) is 37.5 Å². The second-order valence-electron chi connectivity index (χ2n) is 8.17. The summed E-state index contributed by atoms with van der Waals surface area (Å²) in [5, 5.41) is 3.98. The number of nitrogen functional groups attached to an aromatic ring is 1. The Bertz CT molecular complexity index is 1040. The molecule has 0 saturated heterocycles. The van der Waals surface area contributed by atoms with E-state index in [-0.39, 0.29) is 18.0 Å². The summed E-state index contributed by atoms with van der Waals surface area (Å²) in [5.41, 5.74) is 9.26. The fourth-order valence-electron chi connectivity index (χ4n) is 3.94. The summed E-state index contributed by atoms with van der Waals surface area (Å²) < 4.78 is 5.84. The van der Waals surface area contributed by atoms with E-state index in [4.69, 9.17) is 10.5 Å². The molecule has 30 heavy (non-hydrogen) atoms. The molecule has 0 radical (unpaired) electrons. The number of amides is 1. The molecule has 0 aliphatic heterocycles. The average molecular weight is 405 g/mol. The second-order valence-corrected chi connectivity index (χ2v) is 8.17. The summed E-state index contributed by atoms with van der Waals surface area (Å²) >= 11 is 0. The molecule has 6 heteroatoms. The smallest absolute Gasteiger partial charge is 0.251 e. The third kappa shape index (κ3) is 4.53. The molecule has 1 fully saturated rings. The van der Waals surface area contributed by atoms with Gasteiger partial charge in [0.15, 0.2) is 0 Å². The zero-order chi connectivity index (χ0) is 21.1. The summed E-state index contributed by atoms with van der Waals surface area (Å²) in [4.78, 5) is 21.1. The van der Waals surface area contributed by atoms with Crippen molar-refractivity contribution in [3.05, 3.63) is 48.0 Å². The Morgan fingerprint density at radius 1 is 1.03 bits per heavy atom. The minimum atomic E-state index is -0.0203. The molecule has 4 rings (SSSR count). The van der Waals surface area contributed by atoms with Crippen LogP contribution in [0.4, 0.5) is 5.95 Å². The third-order valence-corrected chi connectivity index (χ3v) is 5.45. The van der Waals surface area contributed by atoms with Gasteiger partial charge >= 0.3 is 0 Å². The van der Waals surface area contributed by atoms with Gasteiger partial charge < -0.3 is 15.8 Å². The molecule has 1 heterocycles. The Labute approximate surface area is 176 Å². The minimum absolute atomic E-state index is 0.00320. The number of hydrogen-bond acceptors (Lipinski definition) is 5. The molecule has 156 valence electrons. The van der Waals surface area contributed by atoms with Gasteiger partial charge in [-0.3, -0.25) is 4.79 Å². The van der Waals surface area contributed by atoms with Crippen LogP contribution in [0.3, 0.4) is 0 Å². The van der Waals surface area contributed by atoms with Crippen molar-refractivity contribution >= 4 is 22.8 Å². The Morgan fingerprint density at radius 2 is 1.73 bits per heavy atom. The molecule has 2 aromatic carbocycles. The van der Waals surface area contributed by atoms with Gasteiger partial charge in [0, 0.05) is 11.6 Å². The first-order valence-corrected chi connectivity index (χ1v) is 10.6. The molecule has 0 spiro atoms. The molecule has 1 aromatic heterocycles. The van der Waals surface area contributed by atoms with Crippen LogP contribution in [-0.2, 0) is 0 Å². The van der Waals surface area contributed by atoms with E-state index >= 15 is 0 Å². The van der Waals surface area contributed by atoms with E-state index < -0.39 is 0 Å². The quantitative estimate of drug-likeness (QED) is 0.642. The number of rotatable bonds is 5. The maximum absolute atomic E-state index is 12.6. The van der Waals surface area contributed by atoms with Gasteiger partial charge in [-0.25, -0.2) is 4.98 Å². The maximum atomic E-state index is 12.6. The maximum Gasteiger partial charge on any atom is 0.251 e. The zero-order valence-corrected chi connectivity index (χ0v) is 17.5. The molecule has 0 bridgehead atoms. The Morgan fingerprint density at radius 3 is 2.43 bits per heavy atom. The van der Waals surface area contributed by atoms with Gasteiger partial charge in [0.05, 0.1) is 17.0 Å². The number of carbonyl (C=O) groups is 1. The van der Waals surface area contributed by atoms with Crippen molar-refractivity contribution in [2.45, 2.75) is 58.1 Å². The van der Waals surface area contributed by atoms with Crippen molar-refractivity contribution in [3.8, 4) is 17.0 Å². The lowest BCUT2D eigenvalue weighted by atomic mass is 9.95. The third-order valence-electron chi connectivity index (χ3n) is 5.45. The first-order valence-electron chi connectivity index (χ1n) is 10.6. The van der Waals surface area contributed by atoms with Gasteiger partial charge in [0.25, 0.3) is 5.91 Å². The van der Waals surface area contributed by atoms with Crippen LogP contribution in [0.15, 0.2) is 42.5 Å². The number of ether oxygens (including phenoxy) is 1. The molecule has 1 amide bonds. The molecule has 6 nitrogen and oxygen atoms in total. The van der Waals surface area contributed by atoms with Crippen molar-refractivity contribution < 1.29 is 9.53 Å². The highest BCUT2D eigenvalue weighted by Gasteiger charge is 2.17. The fraction of sp³-hybridized carbons (Fsp3) is 0.375. The standard InChI is InChI=1S/C24H28N4O2/c1-15(2)30-23-20-14-18(12-13-21(20)27-24(25)28-23)16-8-10-17(11-9-16)22(29)26-19-6-4-3-5-7-19/h8-15,19H,3-7H2,1-2H3,(H,26,29)(H2,25,27,28). The Kier molecular flexibility index (Phi) is 5.84. The van der Waals surface area contributed by atoms with Crippen molar-refractivity contribution in [3.63, 3.8) is 0 Å². The van der Waals surface area contributed by atoms with E-state index in [1.54, 1.807) is 0 Å². The van der Waals surface area contributed by atoms with Gasteiger partial charge in [-0.05, 0) is 62.1 Å². The van der Waals surface area contributed by atoms with Crippen LogP contribution in [0.1, 0.15) is 56.3 Å². The van der Waals surface area contributed by atoms with E-state index in [0.29, 0.717) is 17.5 Å². The van der Waals surface area contributed by atoms with Crippen LogP contribution in [-0.4, -0.2) is 28.0 Å². The van der Waals surface area contributed by atoms with Crippen LogP contribution in [0.5, 0.6) is 5.88 Å². The summed E-state index contributed by atoms with van der Waals surface area (Å²) in [6.45, 7) is 3.90. The highest BCUT2D eigenvalue weighted by Crippen LogP contribution is 2.30. The van der Waals surface area contributed by atoms with Crippen molar-refractivity contribution in [1.29, 1.82) is 0 Å². The number of nitrogens with zero attached hydrogens (tertiary/aromatic N) is 2. The van der Waals surface area contributed by atoms with Crippen LogP contribution >= 0.6 is 0 Å². The lowest BCUT2D eigenvalue weighted by molar-refractivity contribution is 0.0927. The molecular formula is C24H28N4O2. The second kappa shape index (κ2) is 8.69. The largest absolute Gasteiger partial charge is 0.474 e. The molecule has 3 N–H and O–H groups in total. The number of nitrogens with one attached hydrogen (secondary N) is 1. The van der Waals surface area contributed by atoms with Crippen molar-refractivity contribution in [1.82, 2.24) is 15.3 Å². The lowest BCUT2D eigenvalue weighted by Gasteiger charge is -2.22. The van der Waals surface area contributed by atoms with Crippen LogP contribution < -0.4 is 15.8 Å². The minimum Gasteiger partial charge on any atom is -0.474 e. The van der Waals surface area contributed by atoms with Crippen molar-refractivity contribution in [2.24, 2.45) is 0 Å². The number of carbonyl (C=O) groups excluding carboxylic acids is 1. The number of nitrogens with two attached hydrogens (primary N) is 1. The molecule has 1 aliphatic rings. The molecule has 1 aliphatic carbocycles. The highest BCUT2D eigenvalue weighted by atomic mass is 16.5. The molecule has 0 unspecified atom stereocenters. The number of anilines is 1. The first-order chi connectivity index (χ1) is 14.5. The summed E-state index contributed by atoms with van der Waals surface area (Å²) in [5.74, 6) is 0.681.